The first-order valence-corrected chi connectivity index (χ1v) is 7.78. The van der Waals surface area contributed by atoms with Crippen molar-refractivity contribution in [2.45, 2.75) is 33.1 Å². The first-order chi connectivity index (χ1) is 9.35. The maximum absolute atomic E-state index is 4.33. The average Bonchev–Trinajstić information content (AvgIpc) is 2.92. The monoisotopic (exact) mass is 275 g/mol. The van der Waals surface area contributed by atoms with Crippen molar-refractivity contribution in [3.8, 4) is 10.6 Å². The maximum atomic E-state index is 4.33. The van der Waals surface area contributed by atoms with Crippen LogP contribution < -0.4 is 5.32 Å². The molecule has 0 radical (unpaired) electrons. The van der Waals surface area contributed by atoms with Crippen LogP contribution in [0.3, 0.4) is 0 Å². The van der Waals surface area contributed by atoms with Crippen molar-refractivity contribution >= 4 is 11.3 Å². The summed E-state index contributed by atoms with van der Waals surface area (Å²) in [4.78, 5) is 0. The van der Waals surface area contributed by atoms with Gasteiger partial charge in [-0.25, -0.2) is 0 Å². The molecule has 2 rings (SSSR count). The van der Waals surface area contributed by atoms with E-state index in [0.717, 1.165) is 35.9 Å². The van der Waals surface area contributed by atoms with Gasteiger partial charge in [0, 0.05) is 18.5 Å². The topological polar surface area (TPSA) is 37.8 Å². The Morgan fingerprint density at radius 1 is 1.11 bits per heavy atom. The Morgan fingerprint density at radius 2 is 1.95 bits per heavy atom. The molecule has 19 heavy (non-hydrogen) atoms. The minimum Gasteiger partial charge on any atom is -0.316 e. The molecule has 0 aliphatic rings. The van der Waals surface area contributed by atoms with E-state index in [4.69, 9.17) is 0 Å². The summed E-state index contributed by atoms with van der Waals surface area (Å²) in [7, 11) is 0. The highest BCUT2D eigenvalue weighted by Crippen LogP contribution is 2.27. The molecule has 0 fully saturated rings. The van der Waals surface area contributed by atoms with Crippen LogP contribution in [0.2, 0.25) is 0 Å². The van der Waals surface area contributed by atoms with Gasteiger partial charge in [-0.15, -0.1) is 10.2 Å². The maximum Gasteiger partial charge on any atom is 0.148 e. The van der Waals surface area contributed by atoms with Crippen LogP contribution in [0.5, 0.6) is 0 Å². The van der Waals surface area contributed by atoms with Crippen molar-refractivity contribution in [2.24, 2.45) is 0 Å². The molecular weight excluding hydrogens is 254 g/mol. The van der Waals surface area contributed by atoms with Gasteiger partial charge in [-0.3, -0.25) is 0 Å². The van der Waals surface area contributed by atoms with Crippen LogP contribution in [0.15, 0.2) is 24.3 Å². The van der Waals surface area contributed by atoms with E-state index in [-0.39, 0.29) is 0 Å². The zero-order valence-corrected chi connectivity index (χ0v) is 12.5. The number of hydrogen-bond acceptors (Lipinski definition) is 4. The van der Waals surface area contributed by atoms with E-state index in [9.17, 15) is 0 Å². The first-order valence-electron chi connectivity index (χ1n) is 6.96. The number of nitrogens with zero attached hydrogens (tertiary/aromatic N) is 2. The number of benzene rings is 1. The van der Waals surface area contributed by atoms with Crippen molar-refractivity contribution in [1.29, 1.82) is 0 Å². The summed E-state index contributed by atoms with van der Waals surface area (Å²) < 4.78 is 0. The fourth-order valence-electron chi connectivity index (χ4n) is 2.00. The molecule has 1 heterocycles. The van der Waals surface area contributed by atoms with Crippen molar-refractivity contribution in [3.63, 3.8) is 0 Å². The zero-order valence-electron chi connectivity index (χ0n) is 11.6. The molecule has 0 aliphatic heterocycles. The molecular formula is C15H21N3S. The lowest BCUT2D eigenvalue weighted by Crippen LogP contribution is -2.17. The third-order valence-corrected chi connectivity index (χ3v) is 4.05. The van der Waals surface area contributed by atoms with Gasteiger partial charge in [-0.2, -0.15) is 0 Å². The molecule has 0 bridgehead atoms. The summed E-state index contributed by atoms with van der Waals surface area (Å²) in [6.45, 7) is 6.41. The van der Waals surface area contributed by atoms with E-state index in [1.807, 2.05) is 0 Å². The highest BCUT2D eigenvalue weighted by atomic mass is 32.1. The van der Waals surface area contributed by atoms with E-state index in [0.29, 0.717) is 0 Å². The highest BCUT2D eigenvalue weighted by Gasteiger charge is 2.09. The minimum atomic E-state index is 0.964. The first kappa shape index (κ1) is 14.2. The highest BCUT2D eigenvalue weighted by molar-refractivity contribution is 7.14. The molecule has 2 aromatic rings. The number of aryl methyl sites for hydroxylation is 1. The van der Waals surface area contributed by atoms with Gasteiger partial charge in [0.05, 0.1) is 0 Å². The Hall–Kier alpha value is -1.26. The third kappa shape index (κ3) is 3.85. The Labute approximate surface area is 119 Å². The number of hydrogen-bond donors (Lipinski definition) is 1. The van der Waals surface area contributed by atoms with Crippen molar-refractivity contribution in [2.75, 3.05) is 13.1 Å². The average molecular weight is 275 g/mol. The van der Waals surface area contributed by atoms with E-state index >= 15 is 0 Å². The normalized spacial score (nSPS) is 10.8. The summed E-state index contributed by atoms with van der Waals surface area (Å²) in [5, 5.41) is 14.2. The van der Waals surface area contributed by atoms with Crippen LogP contribution in [-0.4, -0.2) is 23.3 Å². The van der Waals surface area contributed by atoms with Crippen LogP contribution in [0.1, 0.15) is 30.8 Å². The van der Waals surface area contributed by atoms with Crippen molar-refractivity contribution < 1.29 is 0 Å². The van der Waals surface area contributed by atoms with Gasteiger partial charge in [0.15, 0.2) is 0 Å². The van der Waals surface area contributed by atoms with Gasteiger partial charge in [-0.1, -0.05) is 49.4 Å². The Bertz CT molecular complexity index is 508. The Kier molecular flexibility index (Phi) is 5.48. The van der Waals surface area contributed by atoms with Gasteiger partial charge >= 0.3 is 0 Å². The summed E-state index contributed by atoms with van der Waals surface area (Å²) in [6.07, 6.45) is 3.17. The molecule has 0 saturated heterocycles. The third-order valence-electron chi connectivity index (χ3n) is 3.04. The summed E-state index contributed by atoms with van der Waals surface area (Å²) in [6, 6.07) is 8.45. The second kappa shape index (κ2) is 7.36. The predicted octanol–water partition coefficient (Wildman–Crippen LogP) is 3.31. The Balaban J connectivity index is 2.04. The molecule has 0 amide bonds. The van der Waals surface area contributed by atoms with Gasteiger partial charge in [0.25, 0.3) is 0 Å². The molecule has 0 unspecified atom stereocenters. The molecule has 3 nitrogen and oxygen atoms in total. The van der Waals surface area contributed by atoms with E-state index < -0.39 is 0 Å². The minimum absolute atomic E-state index is 0.964. The molecule has 1 N–H and O–H groups in total. The molecule has 0 spiro atoms. The predicted molar refractivity (Wildman–Crippen MR) is 81.6 cm³/mol. The quantitative estimate of drug-likeness (QED) is 0.788. The summed E-state index contributed by atoms with van der Waals surface area (Å²) in [5.74, 6) is 0. The lowest BCUT2D eigenvalue weighted by molar-refractivity contribution is 0.668. The molecule has 0 saturated carbocycles. The van der Waals surface area contributed by atoms with Crippen LogP contribution in [0, 0.1) is 0 Å². The lowest BCUT2D eigenvalue weighted by Gasteiger charge is -2.02. The van der Waals surface area contributed by atoms with Gasteiger partial charge in [0.2, 0.25) is 0 Å². The van der Waals surface area contributed by atoms with Crippen LogP contribution in [0.4, 0.5) is 0 Å². The fraction of sp³-hybridized carbons (Fsp3) is 0.467. The number of nitrogens with one attached hydrogen (secondary N) is 1. The molecule has 0 aliphatic carbocycles. The number of rotatable bonds is 7. The van der Waals surface area contributed by atoms with E-state index in [2.05, 4.69) is 53.6 Å². The van der Waals surface area contributed by atoms with Gasteiger partial charge in [-0.05, 0) is 24.9 Å². The van der Waals surface area contributed by atoms with Crippen LogP contribution in [-0.2, 0) is 12.8 Å². The standard InChI is InChI=1S/C15H21N3S/c1-3-10-16-11-9-14-17-18-15(19-14)13-8-6-5-7-12(13)4-2/h5-8,16H,3-4,9-11H2,1-2H3. The molecule has 0 atom stereocenters. The molecule has 1 aromatic carbocycles. The summed E-state index contributed by atoms with van der Waals surface area (Å²) >= 11 is 1.71. The second-order valence-electron chi connectivity index (χ2n) is 4.51. The fourth-order valence-corrected chi connectivity index (χ4v) is 2.90. The van der Waals surface area contributed by atoms with E-state index in [1.54, 1.807) is 11.3 Å². The second-order valence-corrected chi connectivity index (χ2v) is 5.57. The smallest absolute Gasteiger partial charge is 0.148 e. The largest absolute Gasteiger partial charge is 0.316 e. The molecule has 102 valence electrons. The summed E-state index contributed by atoms with van der Waals surface area (Å²) in [5.41, 5.74) is 2.57. The number of aromatic nitrogens is 2. The van der Waals surface area contributed by atoms with Gasteiger partial charge in [0.1, 0.15) is 10.0 Å². The Morgan fingerprint density at radius 3 is 2.74 bits per heavy atom. The lowest BCUT2D eigenvalue weighted by atomic mass is 10.1. The van der Waals surface area contributed by atoms with Crippen LogP contribution in [0.25, 0.3) is 10.6 Å². The van der Waals surface area contributed by atoms with Crippen molar-refractivity contribution in [1.82, 2.24) is 15.5 Å². The van der Waals surface area contributed by atoms with Crippen LogP contribution >= 0.6 is 11.3 Å². The molecule has 1 aromatic heterocycles. The molecule has 4 heteroatoms. The van der Waals surface area contributed by atoms with Crippen molar-refractivity contribution in [3.05, 3.63) is 34.8 Å². The SMILES string of the molecule is CCCNCCc1nnc(-c2ccccc2CC)s1. The van der Waals surface area contributed by atoms with Gasteiger partial charge < -0.3 is 5.32 Å². The van der Waals surface area contributed by atoms with E-state index in [1.165, 1.54) is 17.5 Å². The zero-order chi connectivity index (χ0) is 13.5.